The first-order valence-corrected chi connectivity index (χ1v) is 6.82. The van der Waals surface area contributed by atoms with Crippen molar-refractivity contribution in [1.29, 1.82) is 0 Å². The predicted molar refractivity (Wildman–Crippen MR) is 70.2 cm³/mol. The third-order valence-corrected chi connectivity index (χ3v) is 3.19. The Bertz CT molecular complexity index is 133. The van der Waals surface area contributed by atoms with Gasteiger partial charge in [-0.15, -0.1) is 0 Å². The van der Waals surface area contributed by atoms with E-state index in [1.807, 2.05) is 6.92 Å². The first kappa shape index (κ1) is 15.9. The van der Waals surface area contributed by atoms with Gasteiger partial charge < -0.3 is 16.6 Å². The highest BCUT2D eigenvalue weighted by Gasteiger charge is 2.11. The first-order chi connectivity index (χ1) is 7.74. The van der Waals surface area contributed by atoms with Crippen LogP contribution in [-0.4, -0.2) is 24.3 Å². The fraction of sp³-hybridized carbons (Fsp3) is 1.00. The Hall–Kier alpha value is -0.120. The maximum absolute atomic E-state index is 8.73. The summed E-state index contributed by atoms with van der Waals surface area (Å²) < 4.78 is 0. The molecule has 0 spiro atoms. The van der Waals surface area contributed by atoms with Crippen molar-refractivity contribution in [2.24, 2.45) is 17.4 Å². The maximum atomic E-state index is 8.73. The van der Waals surface area contributed by atoms with Crippen molar-refractivity contribution in [3.63, 3.8) is 0 Å². The van der Waals surface area contributed by atoms with Crippen LogP contribution in [0.15, 0.2) is 0 Å². The van der Waals surface area contributed by atoms with Crippen LogP contribution in [0, 0.1) is 5.92 Å². The molecule has 0 radical (unpaired) electrons. The number of hydrogen-bond acceptors (Lipinski definition) is 3. The van der Waals surface area contributed by atoms with Crippen LogP contribution in [0.25, 0.3) is 0 Å². The van der Waals surface area contributed by atoms with Gasteiger partial charge in [-0.25, -0.2) is 0 Å². The van der Waals surface area contributed by atoms with Crippen molar-refractivity contribution in [3.8, 4) is 0 Å². The number of nitrogens with two attached hydrogens (primary N) is 2. The van der Waals surface area contributed by atoms with Gasteiger partial charge in [0.15, 0.2) is 0 Å². The first-order valence-electron chi connectivity index (χ1n) is 6.82. The van der Waals surface area contributed by atoms with Gasteiger partial charge in [-0.2, -0.15) is 0 Å². The molecule has 1 aliphatic rings. The molecule has 16 heavy (non-hydrogen) atoms. The average Bonchev–Trinajstić information content (AvgIpc) is 2.32. The van der Waals surface area contributed by atoms with E-state index in [4.69, 9.17) is 16.6 Å². The van der Waals surface area contributed by atoms with Gasteiger partial charge in [0.05, 0.1) is 6.10 Å². The summed E-state index contributed by atoms with van der Waals surface area (Å²) in [7, 11) is 0. The van der Waals surface area contributed by atoms with Crippen molar-refractivity contribution in [3.05, 3.63) is 0 Å². The summed E-state index contributed by atoms with van der Waals surface area (Å²) in [6, 6.07) is 0. The van der Waals surface area contributed by atoms with Crippen LogP contribution in [0.1, 0.15) is 58.3 Å². The summed E-state index contributed by atoms with van der Waals surface area (Å²) in [6.07, 6.45) is 10.1. The van der Waals surface area contributed by atoms with Gasteiger partial charge in [-0.1, -0.05) is 45.4 Å². The summed E-state index contributed by atoms with van der Waals surface area (Å²) in [6.45, 7) is 3.32. The molecule has 0 saturated heterocycles. The summed E-state index contributed by atoms with van der Waals surface area (Å²) >= 11 is 0. The normalized spacial score (nSPS) is 18.8. The van der Waals surface area contributed by atoms with Crippen molar-refractivity contribution in [2.45, 2.75) is 64.4 Å². The van der Waals surface area contributed by atoms with Gasteiger partial charge in [0.2, 0.25) is 0 Å². The van der Waals surface area contributed by atoms with Gasteiger partial charge in [0.25, 0.3) is 0 Å². The molecule has 1 rings (SSSR count). The lowest BCUT2D eigenvalue weighted by Crippen LogP contribution is -2.18. The molecule has 98 valence electrons. The van der Waals surface area contributed by atoms with E-state index < -0.39 is 0 Å². The molecule has 1 fully saturated rings. The minimum absolute atomic E-state index is 0.273. The van der Waals surface area contributed by atoms with E-state index in [0.717, 1.165) is 25.3 Å². The molecule has 3 heteroatoms. The smallest absolute Gasteiger partial charge is 0.0662 e. The lowest BCUT2D eigenvalue weighted by Gasteiger charge is -2.20. The molecule has 1 aliphatic carbocycles. The summed E-state index contributed by atoms with van der Waals surface area (Å²) in [4.78, 5) is 0. The van der Waals surface area contributed by atoms with Gasteiger partial charge in [0, 0.05) is 6.54 Å². The third-order valence-electron chi connectivity index (χ3n) is 3.19. The Labute approximate surface area is 101 Å². The monoisotopic (exact) mass is 230 g/mol. The van der Waals surface area contributed by atoms with Crippen LogP contribution in [0.3, 0.4) is 0 Å². The molecule has 0 aromatic heterocycles. The largest absolute Gasteiger partial charge is 0.392 e. The summed E-state index contributed by atoms with van der Waals surface area (Å²) in [5.74, 6) is 0.976. The molecule has 1 unspecified atom stereocenters. The minimum atomic E-state index is -0.273. The van der Waals surface area contributed by atoms with E-state index in [0.29, 0.717) is 6.54 Å². The number of rotatable bonds is 5. The Morgan fingerprint density at radius 2 is 1.81 bits per heavy atom. The number of aliphatic hydroxyl groups excluding tert-OH is 1. The topological polar surface area (TPSA) is 72.3 Å². The standard InChI is InChI=1S/C8H17N.C5H13NO/c9-7-6-8-4-2-1-3-5-8;1-2-3-5(7)4-6/h8H,1-7,9H2;5,7H,2-4,6H2,1H3. The average molecular weight is 230 g/mol. The van der Waals surface area contributed by atoms with Crippen molar-refractivity contribution < 1.29 is 5.11 Å². The molecular weight excluding hydrogens is 200 g/mol. The molecule has 1 atom stereocenters. The van der Waals surface area contributed by atoms with E-state index in [-0.39, 0.29) is 6.10 Å². The highest BCUT2D eigenvalue weighted by Crippen LogP contribution is 2.25. The summed E-state index contributed by atoms with van der Waals surface area (Å²) in [5.41, 5.74) is 10.6. The second kappa shape index (κ2) is 11.4. The van der Waals surface area contributed by atoms with Gasteiger partial charge >= 0.3 is 0 Å². The number of aliphatic hydroxyl groups is 1. The van der Waals surface area contributed by atoms with Crippen LogP contribution in [0.5, 0.6) is 0 Å². The lowest BCUT2D eigenvalue weighted by molar-refractivity contribution is 0.172. The fourth-order valence-electron chi connectivity index (χ4n) is 2.16. The Kier molecular flexibility index (Phi) is 11.3. The fourth-order valence-corrected chi connectivity index (χ4v) is 2.16. The zero-order valence-electron chi connectivity index (χ0n) is 10.8. The highest BCUT2D eigenvalue weighted by atomic mass is 16.3. The lowest BCUT2D eigenvalue weighted by atomic mass is 9.87. The van der Waals surface area contributed by atoms with Crippen LogP contribution in [-0.2, 0) is 0 Å². The van der Waals surface area contributed by atoms with Gasteiger partial charge in [-0.05, 0) is 25.3 Å². The molecule has 0 amide bonds. The zero-order valence-corrected chi connectivity index (χ0v) is 10.8. The van der Waals surface area contributed by atoms with E-state index >= 15 is 0 Å². The number of hydrogen-bond donors (Lipinski definition) is 3. The van der Waals surface area contributed by atoms with Crippen molar-refractivity contribution in [1.82, 2.24) is 0 Å². The minimum Gasteiger partial charge on any atom is -0.392 e. The van der Waals surface area contributed by atoms with Crippen molar-refractivity contribution >= 4 is 0 Å². The van der Waals surface area contributed by atoms with Crippen LogP contribution < -0.4 is 11.5 Å². The Morgan fingerprint density at radius 1 is 1.19 bits per heavy atom. The SMILES string of the molecule is CCCC(O)CN.NCCC1CCCCC1. The zero-order chi connectivity index (χ0) is 12.2. The molecule has 1 saturated carbocycles. The second-order valence-electron chi connectivity index (χ2n) is 4.76. The van der Waals surface area contributed by atoms with Crippen LogP contribution >= 0.6 is 0 Å². The molecule has 3 nitrogen and oxygen atoms in total. The third kappa shape index (κ3) is 9.13. The Morgan fingerprint density at radius 3 is 2.19 bits per heavy atom. The molecule has 0 aliphatic heterocycles. The highest BCUT2D eigenvalue weighted by molar-refractivity contribution is 4.65. The molecule has 5 N–H and O–H groups in total. The molecule has 0 bridgehead atoms. The van der Waals surface area contributed by atoms with Crippen LogP contribution in [0.4, 0.5) is 0 Å². The van der Waals surface area contributed by atoms with E-state index in [1.165, 1.54) is 38.5 Å². The van der Waals surface area contributed by atoms with Crippen molar-refractivity contribution in [2.75, 3.05) is 13.1 Å². The molecular formula is C13H30N2O. The second-order valence-corrected chi connectivity index (χ2v) is 4.76. The molecule has 0 aromatic rings. The van der Waals surface area contributed by atoms with E-state index in [1.54, 1.807) is 0 Å². The van der Waals surface area contributed by atoms with Crippen LogP contribution in [0.2, 0.25) is 0 Å². The van der Waals surface area contributed by atoms with Gasteiger partial charge in [-0.3, -0.25) is 0 Å². The Balaban J connectivity index is 0.000000293. The van der Waals surface area contributed by atoms with E-state index in [2.05, 4.69) is 0 Å². The molecule has 0 heterocycles. The maximum Gasteiger partial charge on any atom is 0.0662 e. The predicted octanol–water partition coefficient (Wildman–Crippen LogP) is 2.02. The van der Waals surface area contributed by atoms with Gasteiger partial charge in [0.1, 0.15) is 0 Å². The quantitative estimate of drug-likeness (QED) is 0.676. The van der Waals surface area contributed by atoms with E-state index in [9.17, 15) is 0 Å². The molecule has 0 aromatic carbocycles. The summed E-state index contributed by atoms with van der Waals surface area (Å²) in [5, 5.41) is 8.73.